The summed E-state index contributed by atoms with van der Waals surface area (Å²) in [5.74, 6) is 0.978. The molecule has 0 unspecified atom stereocenters. The number of thiophene rings is 1. The number of hydrogen-bond acceptors (Lipinski definition) is 4. The Morgan fingerprint density at radius 1 is 1.38 bits per heavy atom. The van der Waals surface area contributed by atoms with Gasteiger partial charge in [-0.1, -0.05) is 19.9 Å². The molecule has 0 saturated carbocycles. The van der Waals surface area contributed by atoms with Gasteiger partial charge in [0.1, 0.15) is 5.75 Å². The number of methoxy groups -OCH3 is 1. The minimum absolute atomic E-state index is 0.250. The Morgan fingerprint density at radius 2 is 2.08 bits per heavy atom. The third-order valence-corrected chi connectivity index (χ3v) is 6.36. The number of aryl methyl sites for hydroxylation is 1. The Labute approximate surface area is 160 Å². The fourth-order valence-corrected chi connectivity index (χ4v) is 4.91. The smallest absolute Gasteiger partial charge is 0.290 e. The molecule has 1 aliphatic rings. The van der Waals surface area contributed by atoms with Crippen molar-refractivity contribution in [1.82, 2.24) is 5.32 Å². The Kier molecular flexibility index (Phi) is 6.84. The molecule has 2 N–H and O–H groups in total. The van der Waals surface area contributed by atoms with E-state index in [4.69, 9.17) is 14.6 Å². The van der Waals surface area contributed by atoms with Crippen molar-refractivity contribution < 1.29 is 14.6 Å². The van der Waals surface area contributed by atoms with Gasteiger partial charge in [-0.3, -0.25) is 4.79 Å². The minimum Gasteiger partial charge on any atom is -0.496 e. The van der Waals surface area contributed by atoms with E-state index in [-0.39, 0.29) is 6.47 Å². The number of fused-ring (bicyclic) bond motifs is 1. The first-order chi connectivity index (χ1) is 12.4. The first kappa shape index (κ1) is 20.5. The molecular weight excluding hydrogens is 346 g/mol. The van der Waals surface area contributed by atoms with Crippen LogP contribution in [0, 0.1) is 12.3 Å². The third kappa shape index (κ3) is 4.46. The highest BCUT2D eigenvalue weighted by atomic mass is 32.1. The Balaban J connectivity index is 0.000000758. The SMILES string of the molecule is CNCc1ccc(OC)c(-c2sc3c(c2C)CC(C)(C)CC3)c1.O=CO. The van der Waals surface area contributed by atoms with Crippen LogP contribution in [-0.2, 0) is 24.2 Å². The van der Waals surface area contributed by atoms with Crippen LogP contribution in [0.5, 0.6) is 5.75 Å². The monoisotopic (exact) mass is 375 g/mol. The summed E-state index contributed by atoms with van der Waals surface area (Å²) in [6.45, 7) is 7.70. The van der Waals surface area contributed by atoms with E-state index in [1.54, 1.807) is 17.6 Å². The molecule has 0 saturated heterocycles. The standard InChI is InChI=1S/C20H27NOS.CH2O2/c1-13-16-11-20(2,3)9-8-18(16)23-19(13)15-10-14(12-21-4)6-7-17(15)22-5;2-1-3/h6-7,10,21H,8-9,11-12H2,1-5H3;1H,(H,2,3). The van der Waals surface area contributed by atoms with Gasteiger partial charge in [-0.05, 0) is 67.5 Å². The van der Waals surface area contributed by atoms with Crippen molar-refractivity contribution in [2.45, 2.75) is 46.6 Å². The molecule has 0 bridgehead atoms. The molecule has 2 aromatic rings. The number of rotatable bonds is 4. The Hall–Kier alpha value is -1.85. The lowest BCUT2D eigenvalue weighted by atomic mass is 9.76. The summed E-state index contributed by atoms with van der Waals surface area (Å²) in [6.07, 6.45) is 3.70. The first-order valence-electron chi connectivity index (χ1n) is 8.87. The number of carbonyl (C=O) groups is 1. The molecular formula is C21H29NO3S. The van der Waals surface area contributed by atoms with E-state index in [1.165, 1.54) is 40.8 Å². The summed E-state index contributed by atoms with van der Waals surface area (Å²) >= 11 is 1.97. The third-order valence-electron chi connectivity index (χ3n) is 4.93. The van der Waals surface area contributed by atoms with Gasteiger partial charge in [-0.2, -0.15) is 0 Å². The zero-order valence-corrected chi connectivity index (χ0v) is 17.1. The highest BCUT2D eigenvalue weighted by molar-refractivity contribution is 7.16. The van der Waals surface area contributed by atoms with Gasteiger partial charge in [0.25, 0.3) is 6.47 Å². The molecule has 0 aliphatic heterocycles. The van der Waals surface area contributed by atoms with Crippen molar-refractivity contribution in [2.24, 2.45) is 5.41 Å². The van der Waals surface area contributed by atoms with Crippen LogP contribution in [-0.4, -0.2) is 25.7 Å². The van der Waals surface area contributed by atoms with Gasteiger partial charge in [-0.15, -0.1) is 11.3 Å². The largest absolute Gasteiger partial charge is 0.496 e. The summed E-state index contributed by atoms with van der Waals surface area (Å²) in [5, 5.41) is 10.1. The van der Waals surface area contributed by atoms with E-state index in [9.17, 15) is 0 Å². The normalized spacial score (nSPS) is 14.8. The molecule has 3 rings (SSSR count). The van der Waals surface area contributed by atoms with Crippen LogP contribution in [0.3, 0.4) is 0 Å². The average Bonchev–Trinajstić information content (AvgIpc) is 2.91. The first-order valence-corrected chi connectivity index (χ1v) is 9.69. The van der Waals surface area contributed by atoms with Crippen LogP contribution in [0.4, 0.5) is 0 Å². The van der Waals surface area contributed by atoms with E-state index in [0.717, 1.165) is 12.3 Å². The topological polar surface area (TPSA) is 58.6 Å². The molecule has 1 aromatic heterocycles. The van der Waals surface area contributed by atoms with Gasteiger partial charge >= 0.3 is 0 Å². The second-order valence-corrected chi connectivity index (χ2v) is 8.57. The molecule has 1 heterocycles. The fraction of sp³-hybridized carbons (Fsp3) is 0.476. The van der Waals surface area contributed by atoms with Crippen molar-refractivity contribution in [3.05, 3.63) is 39.8 Å². The lowest BCUT2D eigenvalue weighted by Gasteiger charge is -2.29. The van der Waals surface area contributed by atoms with E-state index in [2.05, 4.69) is 44.3 Å². The van der Waals surface area contributed by atoms with Crippen molar-refractivity contribution in [3.8, 4) is 16.2 Å². The number of ether oxygens (including phenoxy) is 1. The molecule has 26 heavy (non-hydrogen) atoms. The van der Waals surface area contributed by atoms with E-state index in [1.807, 2.05) is 18.4 Å². The second-order valence-electron chi connectivity index (χ2n) is 7.47. The van der Waals surface area contributed by atoms with Gasteiger partial charge in [0, 0.05) is 21.9 Å². The molecule has 0 spiro atoms. The fourth-order valence-electron chi connectivity index (χ4n) is 3.56. The summed E-state index contributed by atoms with van der Waals surface area (Å²) < 4.78 is 5.65. The van der Waals surface area contributed by atoms with Crippen LogP contribution in [0.25, 0.3) is 10.4 Å². The van der Waals surface area contributed by atoms with Crippen LogP contribution < -0.4 is 10.1 Å². The molecule has 0 amide bonds. The van der Waals surface area contributed by atoms with Gasteiger partial charge in [0.2, 0.25) is 0 Å². The summed E-state index contributed by atoms with van der Waals surface area (Å²) in [5.41, 5.74) is 6.01. The van der Waals surface area contributed by atoms with E-state index < -0.39 is 0 Å². The van der Waals surface area contributed by atoms with Crippen molar-refractivity contribution >= 4 is 17.8 Å². The van der Waals surface area contributed by atoms with Crippen molar-refractivity contribution in [3.63, 3.8) is 0 Å². The molecule has 0 radical (unpaired) electrons. The average molecular weight is 376 g/mol. The quantitative estimate of drug-likeness (QED) is 0.763. The van der Waals surface area contributed by atoms with Crippen molar-refractivity contribution in [2.75, 3.05) is 14.2 Å². The number of benzene rings is 1. The molecule has 1 aliphatic carbocycles. The zero-order chi connectivity index (χ0) is 19.3. The highest BCUT2D eigenvalue weighted by Gasteiger charge is 2.29. The highest BCUT2D eigenvalue weighted by Crippen LogP contribution is 2.46. The minimum atomic E-state index is -0.250. The number of hydrogen-bond donors (Lipinski definition) is 2. The maximum atomic E-state index is 8.36. The Bertz CT molecular complexity index is 765. The molecule has 0 fully saturated rings. The molecule has 0 atom stereocenters. The maximum absolute atomic E-state index is 8.36. The molecule has 5 heteroatoms. The van der Waals surface area contributed by atoms with Crippen LogP contribution in [0.1, 0.15) is 41.8 Å². The zero-order valence-electron chi connectivity index (χ0n) is 16.3. The maximum Gasteiger partial charge on any atom is 0.290 e. The van der Waals surface area contributed by atoms with Gasteiger partial charge in [0.15, 0.2) is 0 Å². The predicted octanol–water partition coefficient (Wildman–Crippen LogP) is 4.67. The van der Waals surface area contributed by atoms with Gasteiger partial charge in [-0.25, -0.2) is 0 Å². The van der Waals surface area contributed by atoms with Crippen molar-refractivity contribution in [1.29, 1.82) is 0 Å². The second kappa shape index (κ2) is 8.69. The van der Waals surface area contributed by atoms with Crippen LogP contribution >= 0.6 is 11.3 Å². The van der Waals surface area contributed by atoms with Crippen LogP contribution in [0.15, 0.2) is 18.2 Å². The molecule has 1 aromatic carbocycles. The Morgan fingerprint density at radius 3 is 2.69 bits per heavy atom. The lowest BCUT2D eigenvalue weighted by Crippen LogP contribution is -2.21. The van der Waals surface area contributed by atoms with Gasteiger partial charge < -0.3 is 15.2 Å². The summed E-state index contributed by atoms with van der Waals surface area (Å²) in [7, 11) is 3.75. The van der Waals surface area contributed by atoms with Gasteiger partial charge in [0.05, 0.1) is 7.11 Å². The predicted molar refractivity (Wildman–Crippen MR) is 108 cm³/mol. The molecule has 142 valence electrons. The lowest BCUT2D eigenvalue weighted by molar-refractivity contribution is -0.122. The van der Waals surface area contributed by atoms with E-state index >= 15 is 0 Å². The molecule has 4 nitrogen and oxygen atoms in total. The number of nitrogens with one attached hydrogen (secondary N) is 1. The van der Waals surface area contributed by atoms with E-state index in [0.29, 0.717) is 5.41 Å². The summed E-state index contributed by atoms with van der Waals surface area (Å²) in [4.78, 5) is 11.3. The summed E-state index contributed by atoms with van der Waals surface area (Å²) in [6, 6.07) is 6.53. The number of carboxylic acid groups (broad SMARTS) is 1. The van der Waals surface area contributed by atoms with Crippen LogP contribution in [0.2, 0.25) is 0 Å².